The van der Waals surface area contributed by atoms with E-state index in [-0.39, 0.29) is 18.7 Å². The molecule has 1 fully saturated rings. The third kappa shape index (κ3) is 5.78. The summed E-state index contributed by atoms with van der Waals surface area (Å²) in [5, 5.41) is 9.64. The lowest BCUT2D eigenvalue weighted by atomic mass is 9.92. The van der Waals surface area contributed by atoms with Gasteiger partial charge in [-0.3, -0.25) is 4.90 Å². The lowest BCUT2D eigenvalue weighted by molar-refractivity contribution is 0.0626. The van der Waals surface area contributed by atoms with Crippen LogP contribution in [0.4, 0.5) is 0 Å². The molecule has 114 valence electrons. The van der Waals surface area contributed by atoms with Crippen molar-refractivity contribution in [3.8, 4) is 0 Å². The molecule has 0 aromatic rings. The van der Waals surface area contributed by atoms with Crippen LogP contribution in [0, 0.1) is 11.8 Å². The van der Waals surface area contributed by atoms with Gasteiger partial charge in [-0.25, -0.2) is 0 Å². The zero-order valence-corrected chi connectivity index (χ0v) is 13.2. The van der Waals surface area contributed by atoms with Crippen LogP contribution in [0.5, 0.6) is 0 Å². The minimum absolute atomic E-state index is 0.0930. The molecule has 1 aliphatic heterocycles. The fourth-order valence-electron chi connectivity index (χ4n) is 3.21. The van der Waals surface area contributed by atoms with E-state index in [2.05, 4.69) is 37.7 Å². The molecular weight excluding hydrogens is 238 g/mol. The van der Waals surface area contributed by atoms with E-state index in [1.165, 1.54) is 19.4 Å². The Bertz CT molecular complexity index is 238. The number of nitrogens with two attached hydrogens (primary N) is 1. The third-order valence-corrected chi connectivity index (χ3v) is 4.17. The summed E-state index contributed by atoms with van der Waals surface area (Å²) < 4.78 is 0. The van der Waals surface area contributed by atoms with Crippen LogP contribution in [0.1, 0.15) is 33.1 Å². The summed E-state index contributed by atoms with van der Waals surface area (Å²) in [5.41, 5.74) is 6.27. The first-order valence-corrected chi connectivity index (χ1v) is 7.69. The summed E-state index contributed by atoms with van der Waals surface area (Å²) in [6, 6.07) is 0.234. The Morgan fingerprint density at radius 2 is 1.84 bits per heavy atom. The molecule has 2 atom stereocenters. The minimum atomic E-state index is 0.0930. The predicted octanol–water partition coefficient (Wildman–Crippen LogP) is 0.994. The Hall–Kier alpha value is -0.160. The van der Waals surface area contributed by atoms with Gasteiger partial charge in [-0.1, -0.05) is 13.8 Å². The van der Waals surface area contributed by atoms with Crippen LogP contribution in [-0.2, 0) is 0 Å². The molecule has 2 unspecified atom stereocenters. The van der Waals surface area contributed by atoms with Gasteiger partial charge in [0.25, 0.3) is 0 Å². The van der Waals surface area contributed by atoms with Crippen LogP contribution < -0.4 is 5.73 Å². The predicted molar refractivity (Wildman–Crippen MR) is 81.2 cm³/mol. The fraction of sp³-hybridized carbons (Fsp3) is 1.00. The van der Waals surface area contributed by atoms with Crippen molar-refractivity contribution in [3.05, 3.63) is 0 Å². The first kappa shape index (κ1) is 16.9. The molecule has 4 nitrogen and oxygen atoms in total. The number of likely N-dealkylation sites (tertiary alicyclic amines) is 1. The summed E-state index contributed by atoms with van der Waals surface area (Å²) in [7, 11) is 4.28. The van der Waals surface area contributed by atoms with Crippen LogP contribution >= 0.6 is 0 Å². The van der Waals surface area contributed by atoms with Crippen molar-refractivity contribution >= 4 is 0 Å². The Kier molecular flexibility index (Phi) is 7.29. The number of aliphatic hydroxyl groups is 1. The zero-order valence-electron chi connectivity index (χ0n) is 13.2. The molecule has 1 rings (SSSR count). The Morgan fingerprint density at radius 1 is 1.26 bits per heavy atom. The second-order valence-corrected chi connectivity index (χ2v) is 6.78. The average molecular weight is 271 g/mol. The van der Waals surface area contributed by atoms with Gasteiger partial charge >= 0.3 is 0 Å². The number of piperidine rings is 1. The molecule has 0 aliphatic carbocycles. The monoisotopic (exact) mass is 271 g/mol. The van der Waals surface area contributed by atoms with Crippen molar-refractivity contribution in [2.75, 3.05) is 40.3 Å². The van der Waals surface area contributed by atoms with Crippen molar-refractivity contribution in [1.29, 1.82) is 0 Å². The molecule has 0 aromatic heterocycles. The summed E-state index contributed by atoms with van der Waals surface area (Å²) >= 11 is 0. The number of rotatable bonds is 7. The van der Waals surface area contributed by atoms with E-state index in [1.807, 2.05) is 0 Å². The van der Waals surface area contributed by atoms with E-state index < -0.39 is 0 Å². The van der Waals surface area contributed by atoms with E-state index in [1.54, 1.807) is 0 Å². The maximum Gasteiger partial charge on any atom is 0.0601 e. The van der Waals surface area contributed by atoms with E-state index in [4.69, 9.17) is 5.73 Å². The second-order valence-electron chi connectivity index (χ2n) is 6.78. The summed E-state index contributed by atoms with van der Waals surface area (Å²) in [6.45, 7) is 7.90. The minimum Gasteiger partial charge on any atom is -0.395 e. The first-order valence-electron chi connectivity index (χ1n) is 7.69. The quantitative estimate of drug-likeness (QED) is 0.725. The van der Waals surface area contributed by atoms with E-state index in [0.717, 1.165) is 25.4 Å². The Labute approximate surface area is 118 Å². The highest BCUT2D eigenvalue weighted by atomic mass is 16.3. The molecule has 19 heavy (non-hydrogen) atoms. The molecular formula is C15H33N3O. The van der Waals surface area contributed by atoms with E-state index >= 15 is 0 Å². The molecule has 0 aromatic carbocycles. The largest absolute Gasteiger partial charge is 0.395 e. The van der Waals surface area contributed by atoms with Gasteiger partial charge in [-0.05, 0) is 58.3 Å². The molecule has 3 N–H and O–H groups in total. The van der Waals surface area contributed by atoms with E-state index in [9.17, 15) is 5.11 Å². The molecule has 0 saturated carbocycles. The maximum absolute atomic E-state index is 9.64. The standard InChI is InChI=1S/C15H33N3O/c1-12(2)9-14(16)15(11-19)18-7-5-13(6-8-18)10-17(3)4/h12-15,19H,5-11,16H2,1-4H3. The van der Waals surface area contributed by atoms with Crippen LogP contribution in [-0.4, -0.2) is 67.3 Å². The SMILES string of the molecule is CC(C)CC(N)C(CO)N1CCC(CN(C)C)CC1. The topological polar surface area (TPSA) is 52.7 Å². The van der Waals surface area contributed by atoms with Crippen molar-refractivity contribution in [1.82, 2.24) is 9.80 Å². The van der Waals surface area contributed by atoms with Gasteiger partial charge in [0.15, 0.2) is 0 Å². The molecule has 1 aliphatic rings. The normalized spacial score (nSPS) is 22.1. The van der Waals surface area contributed by atoms with Gasteiger partial charge in [0.2, 0.25) is 0 Å². The average Bonchev–Trinajstić information content (AvgIpc) is 2.30. The van der Waals surface area contributed by atoms with Gasteiger partial charge in [0.05, 0.1) is 6.61 Å². The summed E-state index contributed by atoms with van der Waals surface area (Å²) in [6.07, 6.45) is 3.44. The third-order valence-electron chi connectivity index (χ3n) is 4.17. The highest BCUT2D eigenvalue weighted by Crippen LogP contribution is 2.21. The number of hydrogen-bond acceptors (Lipinski definition) is 4. The summed E-state index contributed by atoms with van der Waals surface area (Å²) in [4.78, 5) is 4.67. The van der Waals surface area contributed by atoms with Gasteiger partial charge in [-0.15, -0.1) is 0 Å². The smallest absolute Gasteiger partial charge is 0.0601 e. The van der Waals surface area contributed by atoms with Gasteiger partial charge in [-0.2, -0.15) is 0 Å². The highest BCUT2D eigenvalue weighted by Gasteiger charge is 2.28. The fourth-order valence-corrected chi connectivity index (χ4v) is 3.21. The Balaban J connectivity index is 2.43. The molecule has 4 heteroatoms. The lowest BCUT2D eigenvalue weighted by Crippen LogP contribution is -2.53. The Morgan fingerprint density at radius 3 is 2.26 bits per heavy atom. The zero-order chi connectivity index (χ0) is 14.4. The molecule has 0 radical (unpaired) electrons. The van der Waals surface area contributed by atoms with Crippen LogP contribution in [0.25, 0.3) is 0 Å². The number of hydrogen-bond donors (Lipinski definition) is 2. The lowest BCUT2D eigenvalue weighted by Gasteiger charge is -2.40. The van der Waals surface area contributed by atoms with Gasteiger partial charge in [0, 0.05) is 18.6 Å². The van der Waals surface area contributed by atoms with Crippen molar-refractivity contribution < 1.29 is 5.11 Å². The molecule has 0 spiro atoms. The first-order chi connectivity index (χ1) is 8.93. The number of aliphatic hydroxyl groups excluding tert-OH is 1. The van der Waals surface area contributed by atoms with Gasteiger partial charge < -0.3 is 15.7 Å². The van der Waals surface area contributed by atoms with Crippen molar-refractivity contribution in [2.24, 2.45) is 17.6 Å². The molecule has 1 heterocycles. The second kappa shape index (κ2) is 8.20. The molecule has 0 amide bonds. The van der Waals surface area contributed by atoms with Gasteiger partial charge in [0.1, 0.15) is 0 Å². The van der Waals surface area contributed by atoms with Crippen molar-refractivity contribution in [3.63, 3.8) is 0 Å². The van der Waals surface area contributed by atoms with E-state index in [0.29, 0.717) is 5.92 Å². The van der Waals surface area contributed by atoms with Crippen LogP contribution in [0.2, 0.25) is 0 Å². The molecule has 0 bridgehead atoms. The highest BCUT2D eigenvalue weighted by molar-refractivity contribution is 4.86. The maximum atomic E-state index is 9.64. The van der Waals surface area contributed by atoms with Crippen LogP contribution in [0.3, 0.4) is 0 Å². The van der Waals surface area contributed by atoms with Crippen LogP contribution in [0.15, 0.2) is 0 Å². The molecule has 1 saturated heterocycles. The van der Waals surface area contributed by atoms with Crippen molar-refractivity contribution in [2.45, 2.75) is 45.2 Å². The number of nitrogens with zero attached hydrogens (tertiary/aromatic N) is 2. The summed E-state index contributed by atoms with van der Waals surface area (Å²) in [5.74, 6) is 1.39.